The van der Waals surface area contributed by atoms with Gasteiger partial charge in [-0.1, -0.05) is 6.07 Å². The molecule has 166 valence electrons. The van der Waals surface area contributed by atoms with Gasteiger partial charge in [0.1, 0.15) is 0 Å². The first-order chi connectivity index (χ1) is 15.2. The lowest BCUT2D eigenvalue weighted by atomic mass is 10.1. The number of carbonyl (C=O) groups is 3. The maximum atomic E-state index is 12.7. The number of primary amides is 1. The molecule has 0 aliphatic heterocycles. The van der Waals surface area contributed by atoms with Crippen LogP contribution in [0.3, 0.4) is 0 Å². The largest absolute Gasteiger partial charge is 0.513 e. The average molecular weight is 442 g/mol. The number of para-hydroxylation sites is 1. The van der Waals surface area contributed by atoms with Gasteiger partial charge in [-0.25, -0.2) is 14.2 Å². The quantitative estimate of drug-likeness (QED) is 0.282. The maximum Gasteiger partial charge on any atom is 0.513 e. The van der Waals surface area contributed by atoms with Gasteiger partial charge in [-0.3, -0.25) is 14.4 Å². The minimum absolute atomic E-state index is 0.0339. The molecule has 0 spiro atoms. The van der Waals surface area contributed by atoms with E-state index in [0.717, 1.165) is 11.7 Å². The summed E-state index contributed by atoms with van der Waals surface area (Å²) < 4.78 is 15.1. The van der Waals surface area contributed by atoms with Crippen LogP contribution >= 0.6 is 0 Å². The van der Waals surface area contributed by atoms with Gasteiger partial charge in [-0.15, -0.1) is 0 Å². The SMILES string of the molecule is COC(=O)Oc1cccc2c(=O)n(CCC(=O)Nc3cc(N)cc(C(N)=O)c3)c(=O)oc12. The molecule has 3 rings (SSSR count). The van der Waals surface area contributed by atoms with Crippen molar-refractivity contribution in [2.24, 2.45) is 5.73 Å². The maximum absolute atomic E-state index is 12.7. The van der Waals surface area contributed by atoms with E-state index in [1.54, 1.807) is 0 Å². The predicted molar refractivity (Wildman–Crippen MR) is 112 cm³/mol. The standard InChI is InChI=1S/C20H18N4O8/c1-30-20(29)31-14-4-2-3-13-16(14)32-19(28)24(18(13)27)6-5-15(25)23-12-8-10(17(22)26)7-11(21)9-12/h2-4,7-9H,5-6,21H2,1H3,(H2,22,26)(H,23,25). The molecule has 5 N–H and O–H groups in total. The zero-order valence-corrected chi connectivity index (χ0v) is 16.7. The summed E-state index contributed by atoms with van der Waals surface area (Å²) in [6.07, 6.45) is -1.32. The number of rotatable bonds is 6. The molecule has 0 saturated carbocycles. The zero-order chi connectivity index (χ0) is 23.4. The first-order valence-corrected chi connectivity index (χ1v) is 9.12. The van der Waals surface area contributed by atoms with Crippen molar-refractivity contribution in [2.45, 2.75) is 13.0 Å². The Bertz CT molecular complexity index is 1340. The lowest BCUT2D eigenvalue weighted by Crippen LogP contribution is -2.34. The van der Waals surface area contributed by atoms with Crippen LogP contribution in [-0.4, -0.2) is 29.6 Å². The van der Waals surface area contributed by atoms with Gasteiger partial charge >= 0.3 is 11.9 Å². The molecule has 0 bridgehead atoms. The Morgan fingerprint density at radius 1 is 1.16 bits per heavy atom. The van der Waals surface area contributed by atoms with E-state index in [1.807, 2.05) is 0 Å². The fourth-order valence-electron chi connectivity index (χ4n) is 2.87. The van der Waals surface area contributed by atoms with Crippen LogP contribution in [0.15, 0.2) is 50.4 Å². The summed E-state index contributed by atoms with van der Waals surface area (Å²) in [5.41, 5.74) is 10.5. The second-order valence-corrected chi connectivity index (χ2v) is 6.52. The van der Waals surface area contributed by atoms with Crippen LogP contribution in [-0.2, 0) is 16.1 Å². The van der Waals surface area contributed by atoms with Crippen molar-refractivity contribution in [3.8, 4) is 5.75 Å². The number of carbonyl (C=O) groups excluding carboxylic acids is 3. The van der Waals surface area contributed by atoms with Gasteiger partial charge < -0.3 is 30.7 Å². The van der Waals surface area contributed by atoms with Crippen molar-refractivity contribution < 1.29 is 28.3 Å². The average Bonchev–Trinajstić information content (AvgIpc) is 2.73. The van der Waals surface area contributed by atoms with Gasteiger partial charge in [0, 0.05) is 29.9 Å². The third kappa shape index (κ3) is 4.75. The highest BCUT2D eigenvalue weighted by Gasteiger charge is 2.17. The normalized spacial score (nSPS) is 10.5. The van der Waals surface area contributed by atoms with E-state index in [-0.39, 0.29) is 46.6 Å². The van der Waals surface area contributed by atoms with E-state index in [1.165, 1.54) is 36.4 Å². The highest BCUT2D eigenvalue weighted by atomic mass is 16.7. The molecule has 0 fully saturated rings. The van der Waals surface area contributed by atoms with Crippen molar-refractivity contribution in [3.63, 3.8) is 0 Å². The lowest BCUT2D eigenvalue weighted by Gasteiger charge is -2.09. The third-order valence-corrected chi connectivity index (χ3v) is 4.31. The van der Waals surface area contributed by atoms with E-state index in [0.29, 0.717) is 0 Å². The van der Waals surface area contributed by atoms with Crippen LogP contribution in [0, 0.1) is 0 Å². The lowest BCUT2D eigenvalue weighted by molar-refractivity contribution is -0.116. The molecule has 0 unspecified atom stereocenters. The molecule has 1 heterocycles. The molecule has 0 atom stereocenters. The molecular formula is C20H18N4O8. The van der Waals surface area contributed by atoms with Gasteiger partial charge in [-0.2, -0.15) is 0 Å². The summed E-state index contributed by atoms with van der Waals surface area (Å²) in [4.78, 5) is 60.0. The van der Waals surface area contributed by atoms with Crippen molar-refractivity contribution in [2.75, 3.05) is 18.2 Å². The van der Waals surface area contributed by atoms with Gasteiger partial charge in [-0.05, 0) is 30.3 Å². The molecule has 2 aromatic carbocycles. The minimum atomic E-state index is -1.05. The number of aromatic nitrogens is 1. The minimum Gasteiger partial charge on any atom is -0.437 e. The molecule has 3 aromatic rings. The summed E-state index contributed by atoms with van der Waals surface area (Å²) in [5, 5.41) is 2.48. The number of nitrogen functional groups attached to an aromatic ring is 1. The first kappa shape index (κ1) is 22.1. The Hall–Kier alpha value is -4.61. The molecule has 0 aliphatic carbocycles. The fourth-order valence-corrected chi connectivity index (χ4v) is 2.87. The zero-order valence-electron chi connectivity index (χ0n) is 16.7. The third-order valence-electron chi connectivity index (χ3n) is 4.31. The van der Waals surface area contributed by atoms with Crippen LogP contribution in [0.2, 0.25) is 0 Å². The Labute approximate surface area is 179 Å². The van der Waals surface area contributed by atoms with Crippen molar-refractivity contribution in [1.29, 1.82) is 0 Å². The first-order valence-electron chi connectivity index (χ1n) is 9.12. The molecule has 0 aliphatic rings. The van der Waals surface area contributed by atoms with Crippen molar-refractivity contribution in [1.82, 2.24) is 4.57 Å². The number of benzene rings is 2. The van der Waals surface area contributed by atoms with E-state index in [4.69, 9.17) is 20.6 Å². The van der Waals surface area contributed by atoms with Crippen LogP contribution in [0.1, 0.15) is 16.8 Å². The van der Waals surface area contributed by atoms with Gasteiger partial charge in [0.25, 0.3) is 5.56 Å². The molecule has 32 heavy (non-hydrogen) atoms. The molecule has 1 aromatic heterocycles. The van der Waals surface area contributed by atoms with Crippen LogP contribution in [0.4, 0.5) is 16.2 Å². The highest BCUT2D eigenvalue weighted by Crippen LogP contribution is 2.22. The molecule has 12 heteroatoms. The Balaban J connectivity index is 1.82. The number of anilines is 2. The van der Waals surface area contributed by atoms with Gasteiger partial charge in [0.15, 0.2) is 11.3 Å². The van der Waals surface area contributed by atoms with Crippen LogP contribution in [0.5, 0.6) is 5.75 Å². The second-order valence-electron chi connectivity index (χ2n) is 6.52. The van der Waals surface area contributed by atoms with Gasteiger partial charge in [0.05, 0.1) is 12.5 Å². The summed E-state index contributed by atoms with van der Waals surface area (Å²) >= 11 is 0. The number of nitrogens with zero attached hydrogens (tertiary/aromatic N) is 1. The van der Waals surface area contributed by atoms with Crippen LogP contribution in [0.25, 0.3) is 11.0 Å². The van der Waals surface area contributed by atoms with Crippen LogP contribution < -0.4 is 32.8 Å². The molecular weight excluding hydrogens is 424 g/mol. The molecule has 2 amide bonds. The number of methoxy groups -OCH3 is 1. The summed E-state index contributed by atoms with van der Waals surface area (Å²) in [5.74, 6) is -2.49. The number of hydrogen-bond acceptors (Lipinski definition) is 9. The Morgan fingerprint density at radius 2 is 1.91 bits per heavy atom. The second kappa shape index (κ2) is 9.04. The van der Waals surface area contributed by atoms with E-state index in [2.05, 4.69) is 10.1 Å². The Morgan fingerprint density at radius 3 is 2.59 bits per heavy atom. The van der Waals surface area contributed by atoms with Gasteiger partial charge in [0.2, 0.25) is 11.8 Å². The highest BCUT2D eigenvalue weighted by molar-refractivity contribution is 5.97. The number of amides is 2. The smallest absolute Gasteiger partial charge is 0.437 e. The number of hydrogen-bond donors (Lipinski definition) is 3. The fraction of sp³-hybridized carbons (Fsp3) is 0.150. The number of fused-ring (bicyclic) bond motifs is 1. The Kier molecular flexibility index (Phi) is 6.24. The van der Waals surface area contributed by atoms with E-state index >= 15 is 0 Å². The molecule has 0 radical (unpaired) electrons. The van der Waals surface area contributed by atoms with Crippen molar-refractivity contribution in [3.05, 3.63) is 62.9 Å². The number of ether oxygens (including phenoxy) is 2. The molecule has 12 nitrogen and oxygen atoms in total. The topological polar surface area (TPSA) is 186 Å². The summed E-state index contributed by atoms with van der Waals surface area (Å²) in [6.45, 7) is -0.296. The van der Waals surface area contributed by atoms with Crippen molar-refractivity contribution >= 4 is 40.3 Å². The van der Waals surface area contributed by atoms with E-state index < -0.39 is 29.3 Å². The monoisotopic (exact) mass is 442 g/mol. The summed E-state index contributed by atoms with van der Waals surface area (Å²) in [6, 6.07) is 8.25. The predicted octanol–water partition coefficient (Wildman–Crippen LogP) is 0.810. The number of nitrogens with two attached hydrogens (primary N) is 2. The van der Waals surface area contributed by atoms with E-state index in [9.17, 15) is 24.0 Å². The number of nitrogens with one attached hydrogen (secondary N) is 1. The summed E-state index contributed by atoms with van der Waals surface area (Å²) in [7, 11) is 1.10. The molecule has 0 saturated heterocycles.